The van der Waals surface area contributed by atoms with Gasteiger partial charge in [0.1, 0.15) is 4.34 Å². The summed E-state index contributed by atoms with van der Waals surface area (Å²) in [6.45, 7) is 2.48. The maximum Gasteiger partial charge on any atom is 0.251 e. The number of aromatic nitrogens is 2. The number of aryl methyl sites for hydroxylation is 1. The average Bonchev–Trinajstić information content (AvgIpc) is 3.04. The topological polar surface area (TPSA) is 54.9 Å². The molecule has 0 aliphatic carbocycles. The number of carbonyl (C=O) groups is 1. The molecule has 24 heavy (non-hydrogen) atoms. The average molecular weight is 355 g/mol. The van der Waals surface area contributed by atoms with E-state index in [9.17, 15) is 4.79 Å². The molecule has 3 aromatic rings. The van der Waals surface area contributed by atoms with Gasteiger partial charge in [-0.2, -0.15) is 0 Å². The van der Waals surface area contributed by atoms with E-state index in [2.05, 4.69) is 20.7 Å². The fraction of sp³-hybridized carbons (Fsp3) is 0.167. The monoisotopic (exact) mass is 355 g/mol. The van der Waals surface area contributed by atoms with Crippen molar-refractivity contribution in [2.75, 3.05) is 0 Å². The standard InChI is InChI=1S/C18H17N3OS2/c1-13-11-23-18(21-13)24-12-14-4-6-16(7-5-14)17(22)20-10-15-3-2-8-19-9-15/h2-9,11H,10,12H2,1H3,(H,20,22). The number of carbonyl (C=O) groups excluding carboxylic acids is 1. The van der Waals surface area contributed by atoms with E-state index in [0.717, 1.165) is 21.3 Å². The number of rotatable bonds is 6. The minimum Gasteiger partial charge on any atom is -0.348 e. The zero-order valence-corrected chi connectivity index (χ0v) is 14.9. The first-order valence-electron chi connectivity index (χ1n) is 7.52. The van der Waals surface area contributed by atoms with Crippen LogP contribution in [0.1, 0.15) is 27.2 Å². The first-order chi connectivity index (χ1) is 11.7. The van der Waals surface area contributed by atoms with Crippen molar-refractivity contribution in [2.24, 2.45) is 0 Å². The van der Waals surface area contributed by atoms with Gasteiger partial charge >= 0.3 is 0 Å². The minimum atomic E-state index is -0.0754. The zero-order chi connectivity index (χ0) is 16.8. The summed E-state index contributed by atoms with van der Waals surface area (Å²) in [6.07, 6.45) is 3.47. The van der Waals surface area contributed by atoms with Crippen LogP contribution in [0.4, 0.5) is 0 Å². The van der Waals surface area contributed by atoms with Crippen LogP contribution in [0.15, 0.2) is 58.5 Å². The van der Waals surface area contributed by atoms with Crippen molar-refractivity contribution in [1.29, 1.82) is 0 Å². The van der Waals surface area contributed by atoms with Gasteiger partial charge in [-0.3, -0.25) is 9.78 Å². The van der Waals surface area contributed by atoms with Crippen molar-refractivity contribution in [2.45, 2.75) is 23.6 Å². The van der Waals surface area contributed by atoms with Gasteiger partial charge < -0.3 is 5.32 Å². The van der Waals surface area contributed by atoms with Crippen molar-refractivity contribution >= 4 is 29.0 Å². The molecule has 1 amide bonds. The third kappa shape index (κ3) is 4.66. The number of amides is 1. The smallest absolute Gasteiger partial charge is 0.251 e. The van der Waals surface area contributed by atoms with E-state index in [0.29, 0.717) is 12.1 Å². The quantitative estimate of drug-likeness (QED) is 0.677. The number of thiazole rings is 1. The molecule has 0 bridgehead atoms. The summed E-state index contributed by atoms with van der Waals surface area (Å²) in [4.78, 5) is 20.6. The molecule has 6 heteroatoms. The number of benzene rings is 1. The van der Waals surface area contributed by atoms with Gasteiger partial charge in [-0.05, 0) is 36.2 Å². The van der Waals surface area contributed by atoms with Gasteiger partial charge in [0.25, 0.3) is 5.91 Å². The lowest BCUT2D eigenvalue weighted by Crippen LogP contribution is -2.22. The van der Waals surface area contributed by atoms with Crippen LogP contribution in [0.5, 0.6) is 0 Å². The van der Waals surface area contributed by atoms with Gasteiger partial charge in [0.05, 0.1) is 0 Å². The summed E-state index contributed by atoms with van der Waals surface area (Å²) in [6, 6.07) is 11.5. The summed E-state index contributed by atoms with van der Waals surface area (Å²) in [5, 5.41) is 4.96. The molecule has 0 atom stereocenters. The highest BCUT2D eigenvalue weighted by Gasteiger charge is 2.06. The number of pyridine rings is 1. The van der Waals surface area contributed by atoms with Crippen LogP contribution < -0.4 is 5.32 Å². The Balaban J connectivity index is 1.52. The Kier molecular flexibility index (Phi) is 5.61. The van der Waals surface area contributed by atoms with Crippen molar-refractivity contribution in [1.82, 2.24) is 15.3 Å². The molecule has 0 saturated heterocycles. The van der Waals surface area contributed by atoms with Crippen LogP contribution >= 0.6 is 23.1 Å². The number of hydrogen-bond acceptors (Lipinski definition) is 5. The molecule has 0 spiro atoms. The van der Waals surface area contributed by atoms with E-state index in [1.165, 1.54) is 5.56 Å². The SMILES string of the molecule is Cc1csc(SCc2ccc(C(=O)NCc3cccnc3)cc2)n1. The highest BCUT2D eigenvalue weighted by molar-refractivity contribution is 8.00. The molecular formula is C18H17N3OS2. The van der Waals surface area contributed by atoms with E-state index in [1.807, 2.05) is 43.3 Å². The molecule has 0 fully saturated rings. The maximum absolute atomic E-state index is 12.2. The molecule has 122 valence electrons. The summed E-state index contributed by atoms with van der Waals surface area (Å²) >= 11 is 3.38. The Morgan fingerprint density at radius 2 is 2.04 bits per heavy atom. The second-order valence-corrected chi connectivity index (χ2v) is 7.36. The fourth-order valence-corrected chi connectivity index (χ4v) is 3.89. The molecule has 3 rings (SSSR count). The second-order valence-electron chi connectivity index (χ2n) is 5.28. The van der Waals surface area contributed by atoms with E-state index in [1.54, 1.807) is 35.5 Å². The predicted molar refractivity (Wildman–Crippen MR) is 98.3 cm³/mol. The third-order valence-corrected chi connectivity index (χ3v) is 5.56. The minimum absolute atomic E-state index is 0.0754. The summed E-state index contributed by atoms with van der Waals surface area (Å²) in [7, 11) is 0. The Morgan fingerprint density at radius 3 is 2.71 bits per heavy atom. The molecular weight excluding hydrogens is 338 g/mol. The lowest BCUT2D eigenvalue weighted by molar-refractivity contribution is 0.0951. The number of nitrogens with one attached hydrogen (secondary N) is 1. The van der Waals surface area contributed by atoms with Crippen molar-refractivity contribution in [3.63, 3.8) is 0 Å². The zero-order valence-electron chi connectivity index (χ0n) is 13.2. The van der Waals surface area contributed by atoms with Gasteiger partial charge in [-0.1, -0.05) is 30.0 Å². The van der Waals surface area contributed by atoms with E-state index < -0.39 is 0 Å². The first-order valence-corrected chi connectivity index (χ1v) is 9.38. The van der Waals surface area contributed by atoms with Crippen LogP contribution in [0, 0.1) is 6.92 Å². The Morgan fingerprint density at radius 1 is 1.21 bits per heavy atom. The van der Waals surface area contributed by atoms with Gasteiger partial charge in [0.2, 0.25) is 0 Å². The molecule has 0 saturated carbocycles. The molecule has 4 nitrogen and oxygen atoms in total. The van der Waals surface area contributed by atoms with Crippen molar-refractivity contribution in [3.8, 4) is 0 Å². The molecule has 1 aromatic carbocycles. The molecule has 1 N–H and O–H groups in total. The molecule has 0 radical (unpaired) electrons. The van der Waals surface area contributed by atoms with Crippen molar-refractivity contribution < 1.29 is 4.79 Å². The molecule has 0 unspecified atom stereocenters. The Bertz CT molecular complexity index is 801. The first kappa shape index (κ1) is 16.7. The molecule has 0 aliphatic rings. The fourth-order valence-electron chi connectivity index (χ4n) is 2.08. The normalized spacial score (nSPS) is 10.5. The van der Waals surface area contributed by atoms with Gasteiger partial charge in [-0.15, -0.1) is 11.3 Å². The third-order valence-electron chi connectivity index (χ3n) is 3.35. The van der Waals surface area contributed by atoms with Gasteiger partial charge in [0, 0.05) is 41.3 Å². The van der Waals surface area contributed by atoms with Crippen LogP contribution in [-0.4, -0.2) is 15.9 Å². The van der Waals surface area contributed by atoms with Crippen LogP contribution in [0.3, 0.4) is 0 Å². The van der Waals surface area contributed by atoms with E-state index >= 15 is 0 Å². The van der Waals surface area contributed by atoms with Crippen LogP contribution in [0.25, 0.3) is 0 Å². The highest BCUT2D eigenvalue weighted by atomic mass is 32.2. The van der Waals surface area contributed by atoms with Crippen LogP contribution in [-0.2, 0) is 12.3 Å². The molecule has 0 aliphatic heterocycles. The molecule has 2 aromatic heterocycles. The van der Waals surface area contributed by atoms with E-state index in [4.69, 9.17) is 0 Å². The Hall–Kier alpha value is -2.18. The lowest BCUT2D eigenvalue weighted by Gasteiger charge is -2.06. The Labute approximate surface area is 149 Å². The molecule has 2 heterocycles. The van der Waals surface area contributed by atoms with Crippen LogP contribution in [0.2, 0.25) is 0 Å². The number of nitrogens with zero attached hydrogens (tertiary/aromatic N) is 2. The summed E-state index contributed by atoms with van der Waals surface area (Å²) in [5.41, 5.74) is 3.88. The predicted octanol–water partition coefficient (Wildman–Crippen LogP) is 4.07. The second kappa shape index (κ2) is 8.08. The van der Waals surface area contributed by atoms with Crippen molar-refractivity contribution in [3.05, 3.63) is 76.6 Å². The van der Waals surface area contributed by atoms with Gasteiger partial charge in [-0.25, -0.2) is 4.98 Å². The van der Waals surface area contributed by atoms with E-state index in [-0.39, 0.29) is 5.91 Å². The number of thioether (sulfide) groups is 1. The maximum atomic E-state index is 12.2. The largest absolute Gasteiger partial charge is 0.348 e. The van der Waals surface area contributed by atoms with Gasteiger partial charge in [0.15, 0.2) is 0 Å². The summed E-state index contributed by atoms with van der Waals surface area (Å²) < 4.78 is 1.07. The lowest BCUT2D eigenvalue weighted by atomic mass is 10.1. The number of hydrogen-bond donors (Lipinski definition) is 1. The highest BCUT2D eigenvalue weighted by Crippen LogP contribution is 2.26. The summed E-state index contributed by atoms with van der Waals surface area (Å²) in [5.74, 6) is 0.776.